The molecule has 2 nitrogen and oxygen atoms in total. The zero-order valence-corrected chi connectivity index (χ0v) is 20.4. The zero-order chi connectivity index (χ0) is 24.3. The van der Waals surface area contributed by atoms with Crippen LogP contribution in [-0.2, 0) is 9.53 Å². The van der Waals surface area contributed by atoms with Crippen LogP contribution in [0.4, 0.5) is 0 Å². The number of carbonyl (C=O) groups excluding carboxylic acids is 1. The van der Waals surface area contributed by atoms with Crippen molar-refractivity contribution in [3.63, 3.8) is 0 Å². The van der Waals surface area contributed by atoms with E-state index in [1.165, 1.54) is 39.2 Å². The van der Waals surface area contributed by atoms with Gasteiger partial charge in [-0.2, -0.15) is 0 Å². The first kappa shape index (κ1) is 19.1. The Kier molecular flexibility index (Phi) is 5.44. The molecule has 0 radical (unpaired) electrons. The fourth-order valence-corrected chi connectivity index (χ4v) is 8.69. The van der Waals surface area contributed by atoms with Crippen molar-refractivity contribution in [1.29, 1.82) is 0 Å². The van der Waals surface area contributed by atoms with Crippen molar-refractivity contribution in [3.05, 3.63) is 0 Å². The molecular formula is C28H48O2. The molecule has 0 saturated heterocycles. The fraction of sp³-hybridized carbons (Fsp3) is 0.964. The molecule has 2 heteroatoms. The van der Waals surface area contributed by atoms with Gasteiger partial charge in [0.15, 0.2) is 0 Å². The lowest BCUT2D eigenvalue weighted by atomic mass is 9.44. The van der Waals surface area contributed by atoms with Gasteiger partial charge in [-0.15, -0.1) is 0 Å². The van der Waals surface area contributed by atoms with Crippen molar-refractivity contribution in [2.75, 3.05) is 7.11 Å². The molecule has 0 N–H and O–H groups in total. The molecule has 4 rings (SSSR count). The number of carbonyl (C=O) groups is 1. The highest BCUT2D eigenvalue weighted by molar-refractivity contribution is 5.86. The summed E-state index contributed by atoms with van der Waals surface area (Å²) in [6.07, 6.45) is 6.84. The SMILES string of the molecule is [2H][C@H]1C(=O)[C@]2(C)[C@H]3CC[C@]4(C)[C@@H]([C@H](C)CCCC(C)C)CC[C@H]4[C@@H]3CC[C@H]2C([2H])([2H])[C@H]1OC. The number of ether oxygens (including phenoxy) is 1. The van der Waals surface area contributed by atoms with Crippen LogP contribution in [0.2, 0.25) is 0 Å². The van der Waals surface area contributed by atoms with Crippen molar-refractivity contribution < 1.29 is 13.6 Å². The molecular weight excluding hydrogens is 368 g/mol. The standard InChI is InChI=1S/C28H48O2/c1-18(2)8-7-9-19(3)23-12-13-24-22-11-10-20-16-21(30-6)17-26(29)28(20,5)25(22)14-15-27(23,24)4/h18-25H,7-17H2,1-6H3/t19-,20+,21-,22+,23-,24+,25+,27-,28+/m1/s1/i16D2,17D/t17-,19-,20+,21-,22+,23-,24+,25+,27-,28+. The number of methoxy groups -OCH3 is 1. The van der Waals surface area contributed by atoms with Gasteiger partial charge < -0.3 is 4.74 Å². The summed E-state index contributed by atoms with van der Waals surface area (Å²) >= 11 is 0. The summed E-state index contributed by atoms with van der Waals surface area (Å²) in [6, 6.07) is 0. The molecule has 0 heterocycles. The minimum Gasteiger partial charge on any atom is -0.381 e. The van der Waals surface area contributed by atoms with E-state index in [1.807, 2.05) is 6.92 Å². The van der Waals surface area contributed by atoms with Crippen molar-refractivity contribution in [2.24, 2.45) is 52.3 Å². The molecule has 4 fully saturated rings. The van der Waals surface area contributed by atoms with E-state index in [1.54, 1.807) is 0 Å². The average Bonchev–Trinajstić information content (AvgIpc) is 3.09. The lowest BCUT2D eigenvalue weighted by molar-refractivity contribution is -0.164. The molecule has 4 aliphatic carbocycles. The Bertz CT molecular complexity index is 739. The minimum absolute atomic E-state index is 0.0515. The van der Waals surface area contributed by atoms with Crippen LogP contribution in [0.3, 0.4) is 0 Å². The van der Waals surface area contributed by atoms with Gasteiger partial charge in [0.05, 0.1) is 6.10 Å². The molecule has 0 aromatic carbocycles. The third-order valence-corrected chi connectivity index (χ3v) is 10.4. The van der Waals surface area contributed by atoms with Crippen molar-refractivity contribution in [2.45, 2.75) is 111 Å². The molecule has 0 aromatic rings. The van der Waals surface area contributed by atoms with E-state index in [2.05, 4.69) is 27.7 Å². The Morgan fingerprint density at radius 1 is 1.07 bits per heavy atom. The van der Waals surface area contributed by atoms with Crippen molar-refractivity contribution in [1.82, 2.24) is 0 Å². The largest absolute Gasteiger partial charge is 0.381 e. The molecule has 30 heavy (non-hydrogen) atoms. The molecule has 0 aliphatic heterocycles. The van der Waals surface area contributed by atoms with E-state index in [0.29, 0.717) is 17.3 Å². The molecule has 4 aliphatic rings. The third-order valence-electron chi connectivity index (χ3n) is 10.4. The number of Topliss-reactive ketones (excluding diaryl/α,β-unsaturated/α-hetero) is 1. The van der Waals surface area contributed by atoms with Crippen LogP contribution in [0.25, 0.3) is 0 Å². The Labute approximate surface area is 190 Å². The molecule has 0 unspecified atom stereocenters. The Morgan fingerprint density at radius 3 is 2.53 bits per heavy atom. The Morgan fingerprint density at radius 2 is 1.83 bits per heavy atom. The second-order valence-corrected chi connectivity index (χ2v) is 12.2. The van der Waals surface area contributed by atoms with Gasteiger partial charge in [0.2, 0.25) is 0 Å². The summed E-state index contributed by atoms with van der Waals surface area (Å²) in [5, 5.41) is 0. The second-order valence-electron chi connectivity index (χ2n) is 12.2. The van der Waals surface area contributed by atoms with Crippen LogP contribution in [0.1, 0.15) is 109 Å². The van der Waals surface area contributed by atoms with Crippen LogP contribution < -0.4 is 0 Å². The number of rotatable bonds is 6. The van der Waals surface area contributed by atoms with Crippen LogP contribution in [0.5, 0.6) is 0 Å². The summed E-state index contributed by atoms with van der Waals surface area (Å²) in [7, 11) is 1.46. The second kappa shape index (κ2) is 8.53. The molecule has 172 valence electrons. The summed E-state index contributed by atoms with van der Waals surface area (Å²) in [4.78, 5) is 13.7. The topological polar surface area (TPSA) is 26.3 Å². The molecule has 0 aromatic heterocycles. The number of hydrogen-bond acceptors (Lipinski definition) is 2. The highest BCUT2D eigenvalue weighted by Crippen LogP contribution is 2.67. The van der Waals surface area contributed by atoms with Crippen molar-refractivity contribution >= 4 is 5.78 Å². The maximum Gasteiger partial charge on any atom is 0.141 e. The maximum absolute atomic E-state index is 13.7. The van der Waals surface area contributed by atoms with Gasteiger partial charge >= 0.3 is 0 Å². The van der Waals surface area contributed by atoms with E-state index < -0.39 is 24.3 Å². The predicted molar refractivity (Wildman–Crippen MR) is 124 cm³/mol. The average molecular weight is 420 g/mol. The summed E-state index contributed by atoms with van der Waals surface area (Å²) in [5.74, 6) is 3.30. The van der Waals surface area contributed by atoms with Gasteiger partial charge in [-0.1, -0.05) is 53.9 Å². The highest BCUT2D eigenvalue weighted by atomic mass is 16.5. The molecule has 0 spiro atoms. The molecule has 4 saturated carbocycles. The molecule has 10 atom stereocenters. The highest BCUT2D eigenvalue weighted by Gasteiger charge is 2.62. The van der Waals surface area contributed by atoms with E-state index in [-0.39, 0.29) is 17.6 Å². The number of fused-ring (bicyclic) bond motifs is 5. The van der Waals surface area contributed by atoms with Gasteiger partial charge in [-0.3, -0.25) is 4.79 Å². The van der Waals surface area contributed by atoms with Gasteiger partial charge in [-0.25, -0.2) is 0 Å². The third kappa shape index (κ3) is 3.61. The lowest BCUT2D eigenvalue weighted by Gasteiger charge is -2.60. The van der Waals surface area contributed by atoms with E-state index in [9.17, 15) is 4.79 Å². The summed E-state index contributed by atoms with van der Waals surface area (Å²) in [5.41, 5.74) is -0.371. The molecule has 0 amide bonds. The Hall–Kier alpha value is -0.370. The van der Waals surface area contributed by atoms with Gasteiger partial charge in [0, 0.05) is 23.0 Å². The minimum atomic E-state index is -1.63. The molecule has 0 bridgehead atoms. The van der Waals surface area contributed by atoms with Crippen LogP contribution in [0, 0.1) is 52.3 Å². The first-order chi connectivity index (χ1) is 15.4. The number of ketones is 1. The van der Waals surface area contributed by atoms with Crippen LogP contribution in [-0.4, -0.2) is 19.0 Å². The van der Waals surface area contributed by atoms with Gasteiger partial charge in [0.1, 0.15) is 5.78 Å². The Balaban J connectivity index is 1.57. The van der Waals surface area contributed by atoms with E-state index in [0.717, 1.165) is 43.4 Å². The quantitative estimate of drug-likeness (QED) is 0.451. The smallest absolute Gasteiger partial charge is 0.141 e. The monoisotopic (exact) mass is 419 g/mol. The van der Waals surface area contributed by atoms with Crippen LogP contribution >= 0.6 is 0 Å². The first-order valence-electron chi connectivity index (χ1n) is 14.5. The maximum atomic E-state index is 13.7. The number of hydrogen-bond donors (Lipinski definition) is 0. The summed E-state index contributed by atoms with van der Waals surface area (Å²) < 4.78 is 31.8. The fourth-order valence-electron chi connectivity index (χ4n) is 8.69. The lowest BCUT2D eigenvalue weighted by Crippen LogP contribution is -2.58. The van der Waals surface area contributed by atoms with Crippen LogP contribution in [0.15, 0.2) is 0 Å². The van der Waals surface area contributed by atoms with Gasteiger partial charge in [-0.05, 0) is 91.7 Å². The first-order valence-corrected chi connectivity index (χ1v) is 12.9. The van der Waals surface area contributed by atoms with E-state index in [4.69, 9.17) is 8.85 Å². The zero-order valence-electron chi connectivity index (χ0n) is 23.4. The van der Waals surface area contributed by atoms with E-state index >= 15 is 0 Å². The van der Waals surface area contributed by atoms with Gasteiger partial charge in [0.25, 0.3) is 0 Å². The predicted octanol–water partition coefficient (Wildman–Crippen LogP) is 7.30. The van der Waals surface area contributed by atoms with Crippen molar-refractivity contribution in [3.8, 4) is 0 Å². The summed E-state index contributed by atoms with van der Waals surface area (Å²) in [6.45, 7) is 11.7. The normalized spacial score (nSPS) is 52.6.